The smallest absolute Gasteiger partial charge is 0.325 e. The third-order valence-corrected chi connectivity index (χ3v) is 7.10. The largest absolute Gasteiger partial charge is 0.343 e. The monoisotopic (exact) mass is 456 g/mol. The molecule has 1 atom stereocenters. The van der Waals surface area contributed by atoms with Crippen molar-refractivity contribution in [3.8, 4) is 0 Å². The molecular formula is C26H40N4O3. The zero-order valence-electron chi connectivity index (χ0n) is 20.7. The van der Waals surface area contributed by atoms with E-state index in [1.54, 1.807) is 0 Å². The number of imide groups is 1. The fourth-order valence-electron chi connectivity index (χ4n) is 4.99. The summed E-state index contributed by atoms with van der Waals surface area (Å²) < 4.78 is 0. The van der Waals surface area contributed by atoms with E-state index in [1.165, 1.54) is 10.5 Å². The van der Waals surface area contributed by atoms with E-state index in [0.717, 1.165) is 25.7 Å². The lowest BCUT2D eigenvalue weighted by Gasteiger charge is -2.41. The molecule has 0 aromatic heterocycles. The van der Waals surface area contributed by atoms with E-state index in [1.807, 2.05) is 42.1 Å². The summed E-state index contributed by atoms with van der Waals surface area (Å²) >= 11 is 0. The second-order valence-electron chi connectivity index (χ2n) is 10.2. The van der Waals surface area contributed by atoms with Crippen molar-refractivity contribution in [3.63, 3.8) is 0 Å². The zero-order valence-corrected chi connectivity index (χ0v) is 20.7. The Morgan fingerprint density at radius 2 is 1.82 bits per heavy atom. The predicted octanol–water partition coefficient (Wildman–Crippen LogP) is 3.15. The standard InChI is InChI=1S/C26H40N4O3/c1-20(2)12-15-26(24(32)30(25(33)27-26)19-18-28(3)4)22-13-16-29(17-14-22)23(31)11-10-21-8-6-5-7-9-21/h5-9,20,22H,10-19H2,1-4H3,(H,27,33)/t26-/m1/s1. The summed E-state index contributed by atoms with van der Waals surface area (Å²) in [5.74, 6) is 0.587. The van der Waals surface area contributed by atoms with Gasteiger partial charge >= 0.3 is 6.03 Å². The van der Waals surface area contributed by atoms with Gasteiger partial charge in [-0.2, -0.15) is 0 Å². The number of nitrogens with one attached hydrogen (secondary N) is 1. The van der Waals surface area contributed by atoms with Crippen LogP contribution in [0.2, 0.25) is 0 Å². The van der Waals surface area contributed by atoms with Crippen molar-refractivity contribution in [2.75, 3.05) is 40.3 Å². The Morgan fingerprint density at radius 1 is 1.15 bits per heavy atom. The SMILES string of the molecule is CC(C)CC[C@]1(C2CCN(C(=O)CCc3ccccc3)CC2)NC(=O)N(CCN(C)C)C1=O. The first-order valence-electron chi connectivity index (χ1n) is 12.3. The van der Waals surface area contributed by atoms with Crippen LogP contribution in [0.5, 0.6) is 0 Å². The third-order valence-electron chi connectivity index (χ3n) is 7.10. The second-order valence-corrected chi connectivity index (χ2v) is 10.2. The first-order valence-corrected chi connectivity index (χ1v) is 12.3. The van der Waals surface area contributed by atoms with Crippen LogP contribution in [0.1, 0.15) is 51.5 Å². The van der Waals surface area contributed by atoms with Gasteiger partial charge in [0, 0.05) is 32.6 Å². The van der Waals surface area contributed by atoms with Gasteiger partial charge in [0.2, 0.25) is 5.91 Å². The fourth-order valence-corrected chi connectivity index (χ4v) is 4.99. The van der Waals surface area contributed by atoms with E-state index in [2.05, 4.69) is 31.3 Å². The van der Waals surface area contributed by atoms with Crippen molar-refractivity contribution in [1.29, 1.82) is 0 Å². The summed E-state index contributed by atoms with van der Waals surface area (Å²) in [6, 6.07) is 9.80. The van der Waals surface area contributed by atoms with Crippen molar-refractivity contribution >= 4 is 17.8 Å². The van der Waals surface area contributed by atoms with Gasteiger partial charge in [-0.3, -0.25) is 14.5 Å². The molecule has 0 aliphatic carbocycles. The van der Waals surface area contributed by atoms with Crippen LogP contribution in [0.25, 0.3) is 0 Å². The number of nitrogens with zero attached hydrogens (tertiary/aromatic N) is 3. The van der Waals surface area contributed by atoms with Gasteiger partial charge in [0.25, 0.3) is 5.91 Å². The van der Waals surface area contributed by atoms with E-state index in [9.17, 15) is 14.4 Å². The molecule has 0 unspecified atom stereocenters. The third kappa shape index (κ3) is 6.14. The second kappa shape index (κ2) is 11.1. The zero-order chi connectivity index (χ0) is 24.0. The molecule has 33 heavy (non-hydrogen) atoms. The number of likely N-dealkylation sites (tertiary alicyclic amines) is 1. The van der Waals surface area contributed by atoms with Crippen LogP contribution in [0.3, 0.4) is 0 Å². The van der Waals surface area contributed by atoms with E-state index in [0.29, 0.717) is 44.9 Å². The van der Waals surface area contributed by atoms with Crippen molar-refractivity contribution < 1.29 is 14.4 Å². The number of benzene rings is 1. The Balaban J connectivity index is 1.64. The fraction of sp³-hybridized carbons (Fsp3) is 0.654. The molecule has 1 aromatic carbocycles. The minimum Gasteiger partial charge on any atom is -0.343 e. The molecule has 2 saturated heterocycles. The topological polar surface area (TPSA) is 73.0 Å². The van der Waals surface area contributed by atoms with Crippen LogP contribution in [0, 0.1) is 11.8 Å². The highest BCUT2D eigenvalue weighted by Gasteiger charge is 2.55. The quantitative estimate of drug-likeness (QED) is 0.549. The van der Waals surface area contributed by atoms with Gasteiger partial charge in [-0.25, -0.2) is 4.79 Å². The maximum absolute atomic E-state index is 13.6. The van der Waals surface area contributed by atoms with Crippen LogP contribution in [0.15, 0.2) is 30.3 Å². The maximum atomic E-state index is 13.6. The average Bonchev–Trinajstić information content (AvgIpc) is 3.05. The minimum absolute atomic E-state index is 0.0511. The van der Waals surface area contributed by atoms with Crippen LogP contribution >= 0.6 is 0 Å². The lowest BCUT2D eigenvalue weighted by molar-refractivity contribution is -0.136. The average molecular weight is 457 g/mol. The van der Waals surface area contributed by atoms with Crippen LogP contribution in [-0.2, 0) is 16.0 Å². The highest BCUT2D eigenvalue weighted by Crippen LogP contribution is 2.38. The van der Waals surface area contributed by atoms with Crippen molar-refractivity contribution in [3.05, 3.63) is 35.9 Å². The first-order chi connectivity index (χ1) is 15.7. The number of hydrogen-bond donors (Lipinski definition) is 1. The molecule has 2 aliphatic rings. The molecule has 3 rings (SSSR count). The number of aryl methyl sites for hydroxylation is 1. The Morgan fingerprint density at radius 3 is 2.42 bits per heavy atom. The summed E-state index contributed by atoms with van der Waals surface area (Å²) in [5.41, 5.74) is 0.331. The number of amides is 4. The number of likely N-dealkylation sites (N-methyl/N-ethyl adjacent to an activating group) is 1. The van der Waals surface area contributed by atoms with Gasteiger partial charge in [0.1, 0.15) is 5.54 Å². The van der Waals surface area contributed by atoms with Gasteiger partial charge in [0.15, 0.2) is 0 Å². The van der Waals surface area contributed by atoms with Gasteiger partial charge in [-0.1, -0.05) is 44.2 Å². The van der Waals surface area contributed by atoms with Gasteiger partial charge in [-0.05, 0) is 63.6 Å². The maximum Gasteiger partial charge on any atom is 0.325 e. The molecule has 0 saturated carbocycles. The van der Waals surface area contributed by atoms with Gasteiger partial charge in [-0.15, -0.1) is 0 Å². The summed E-state index contributed by atoms with van der Waals surface area (Å²) in [5, 5.41) is 3.12. The van der Waals surface area contributed by atoms with Gasteiger partial charge in [0.05, 0.1) is 0 Å². The number of rotatable bonds is 10. The lowest BCUT2D eigenvalue weighted by Crippen LogP contribution is -2.56. The Kier molecular flexibility index (Phi) is 8.51. The lowest BCUT2D eigenvalue weighted by atomic mass is 9.73. The molecule has 0 spiro atoms. The normalized spacial score (nSPS) is 21.9. The summed E-state index contributed by atoms with van der Waals surface area (Å²) in [6.45, 7) is 6.62. The van der Waals surface area contributed by atoms with E-state index < -0.39 is 5.54 Å². The molecular weight excluding hydrogens is 416 g/mol. The van der Waals surface area contributed by atoms with E-state index in [4.69, 9.17) is 0 Å². The minimum atomic E-state index is -0.840. The highest BCUT2D eigenvalue weighted by molar-refractivity contribution is 6.07. The van der Waals surface area contributed by atoms with Crippen molar-refractivity contribution in [2.45, 2.75) is 57.9 Å². The number of piperidine rings is 1. The molecule has 2 heterocycles. The van der Waals surface area contributed by atoms with Crippen molar-refractivity contribution in [1.82, 2.24) is 20.0 Å². The molecule has 2 fully saturated rings. The molecule has 0 bridgehead atoms. The molecule has 7 heteroatoms. The molecule has 7 nitrogen and oxygen atoms in total. The van der Waals surface area contributed by atoms with E-state index >= 15 is 0 Å². The predicted molar refractivity (Wildman–Crippen MR) is 130 cm³/mol. The summed E-state index contributed by atoms with van der Waals surface area (Å²) in [4.78, 5) is 44.5. The summed E-state index contributed by atoms with van der Waals surface area (Å²) in [6.07, 6.45) is 4.25. The summed E-state index contributed by atoms with van der Waals surface area (Å²) in [7, 11) is 3.88. The number of urea groups is 1. The molecule has 1 aromatic rings. The molecule has 0 radical (unpaired) electrons. The molecule has 4 amide bonds. The van der Waals surface area contributed by atoms with E-state index in [-0.39, 0.29) is 23.8 Å². The molecule has 1 N–H and O–H groups in total. The number of carbonyl (C=O) groups excluding carboxylic acids is 3. The Hall–Kier alpha value is -2.41. The molecule has 182 valence electrons. The number of carbonyl (C=O) groups is 3. The van der Waals surface area contributed by atoms with Crippen LogP contribution in [0.4, 0.5) is 4.79 Å². The van der Waals surface area contributed by atoms with Gasteiger partial charge < -0.3 is 15.1 Å². The van der Waals surface area contributed by atoms with Crippen LogP contribution < -0.4 is 5.32 Å². The van der Waals surface area contributed by atoms with Crippen molar-refractivity contribution in [2.24, 2.45) is 11.8 Å². The Bertz CT molecular complexity index is 818. The molecule has 2 aliphatic heterocycles. The highest BCUT2D eigenvalue weighted by atomic mass is 16.2. The number of hydrogen-bond acceptors (Lipinski definition) is 4. The first kappa shape index (κ1) is 25.2. The Labute approximate surface area is 198 Å². The van der Waals surface area contributed by atoms with Crippen LogP contribution in [-0.4, -0.2) is 78.4 Å².